The van der Waals surface area contributed by atoms with E-state index in [0.717, 1.165) is 24.9 Å². The van der Waals surface area contributed by atoms with Gasteiger partial charge in [0, 0.05) is 6.54 Å². The first-order valence-electron chi connectivity index (χ1n) is 8.98. The van der Waals surface area contributed by atoms with Crippen molar-refractivity contribution in [1.82, 2.24) is 4.90 Å². The van der Waals surface area contributed by atoms with Gasteiger partial charge in [0.1, 0.15) is 5.60 Å². The SMILES string of the molecule is CC(C)(C)OC(=O)N1CCCC(OCc2ccc3ccccc3c2)C1. The van der Waals surface area contributed by atoms with E-state index >= 15 is 0 Å². The van der Waals surface area contributed by atoms with Gasteiger partial charge in [-0.3, -0.25) is 0 Å². The van der Waals surface area contributed by atoms with Gasteiger partial charge in [-0.05, 0) is 56.0 Å². The van der Waals surface area contributed by atoms with Crippen molar-refractivity contribution in [3.05, 3.63) is 48.0 Å². The average molecular weight is 341 g/mol. The lowest BCUT2D eigenvalue weighted by atomic mass is 10.1. The Kier molecular flexibility index (Phi) is 5.28. The van der Waals surface area contributed by atoms with Crippen LogP contribution < -0.4 is 0 Å². The number of benzene rings is 2. The van der Waals surface area contributed by atoms with E-state index < -0.39 is 5.60 Å². The molecule has 0 N–H and O–H groups in total. The molecule has 1 heterocycles. The van der Waals surface area contributed by atoms with Gasteiger partial charge in [0.2, 0.25) is 0 Å². The number of carbonyl (C=O) groups excluding carboxylic acids is 1. The van der Waals surface area contributed by atoms with Crippen LogP contribution in [0.3, 0.4) is 0 Å². The first-order valence-corrected chi connectivity index (χ1v) is 8.98. The molecule has 4 heteroatoms. The molecule has 0 spiro atoms. The van der Waals surface area contributed by atoms with Crippen molar-refractivity contribution < 1.29 is 14.3 Å². The Hall–Kier alpha value is -2.07. The van der Waals surface area contributed by atoms with Crippen molar-refractivity contribution in [3.8, 4) is 0 Å². The Morgan fingerprint density at radius 3 is 2.68 bits per heavy atom. The minimum Gasteiger partial charge on any atom is -0.444 e. The van der Waals surface area contributed by atoms with Crippen molar-refractivity contribution in [2.24, 2.45) is 0 Å². The Labute approximate surface area is 149 Å². The van der Waals surface area contributed by atoms with Gasteiger partial charge in [-0.25, -0.2) is 4.79 Å². The fraction of sp³-hybridized carbons (Fsp3) is 0.476. The molecule has 1 aliphatic heterocycles. The molecule has 0 radical (unpaired) electrons. The highest BCUT2D eigenvalue weighted by Crippen LogP contribution is 2.20. The van der Waals surface area contributed by atoms with E-state index in [1.54, 1.807) is 4.90 Å². The molecule has 134 valence electrons. The second-order valence-electron chi connectivity index (χ2n) is 7.68. The smallest absolute Gasteiger partial charge is 0.410 e. The quantitative estimate of drug-likeness (QED) is 0.808. The average Bonchev–Trinajstić information content (AvgIpc) is 2.58. The number of ether oxygens (including phenoxy) is 2. The fourth-order valence-corrected chi connectivity index (χ4v) is 3.11. The number of amides is 1. The van der Waals surface area contributed by atoms with Crippen molar-refractivity contribution in [2.45, 2.75) is 51.9 Å². The van der Waals surface area contributed by atoms with E-state index in [-0.39, 0.29) is 12.2 Å². The standard InChI is InChI=1S/C21H27NO3/c1-21(2,3)25-20(23)22-12-6-9-19(14-22)24-15-16-10-11-17-7-4-5-8-18(17)13-16/h4-5,7-8,10-11,13,19H,6,9,12,14-15H2,1-3H3. The molecule has 0 aliphatic carbocycles. The van der Waals surface area contributed by atoms with Crippen LogP contribution >= 0.6 is 0 Å². The second kappa shape index (κ2) is 7.44. The molecule has 1 fully saturated rings. The maximum absolute atomic E-state index is 12.2. The Bertz CT molecular complexity index is 735. The van der Waals surface area contributed by atoms with Gasteiger partial charge >= 0.3 is 6.09 Å². The van der Waals surface area contributed by atoms with E-state index in [1.807, 2.05) is 32.9 Å². The number of fused-ring (bicyclic) bond motifs is 1. The number of hydrogen-bond acceptors (Lipinski definition) is 3. The van der Waals surface area contributed by atoms with Crippen LogP contribution in [-0.2, 0) is 16.1 Å². The predicted octanol–water partition coefficient (Wildman–Crippen LogP) is 4.76. The van der Waals surface area contributed by atoms with Gasteiger partial charge in [-0.2, -0.15) is 0 Å². The highest BCUT2D eigenvalue weighted by Gasteiger charge is 2.27. The summed E-state index contributed by atoms with van der Waals surface area (Å²) >= 11 is 0. The Morgan fingerprint density at radius 2 is 1.92 bits per heavy atom. The topological polar surface area (TPSA) is 38.8 Å². The molecule has 0 bridgehead atoms. The molecule has 2 aromatic rings. The number of carbonyl (C=O) groups is 1. The van der Waals surface area contributed by atoms with Gasteiger partial charge in [0.15, 0.2) is 0 Å². The molecule has 1 atom stereocenters. The molecule has 0 saturated carbocycles. The summed E-state index contributed by atoms with van der Waals surface area (Å²) in [6, 6.07) is 14.7. The van der Waals surface area contributed by atoms with E-state index in [4.69, 9.17) is 9.47 Å². The third-order valence-electron chi connectivity index (χ3n) is 4.33. The number of likely N-dealkylation sites (tertiary alicyclic amines) is 1. The minimum atomic E-state index is -0.462. The zero-order valence-corrected chi connectivity index (χ0v) is 15.3. The summed E-state index contributed by atoms with van der Waals surface area (Å²) in [7, 11) is 0. The van der Waals surface area contributed by atoms with Crippen molar-refractivity contribution in [1.29, 1.82) is 0 Å². The van der Waals surface area contributed by atoms with Crippen LogP contribution in [0.5, 0.6) is 0 Å². The number of piperidine rings is 1. The van der Waals surface area contributed by atoms with Crippen LogP contribution in [0.15, 0.2) is 42.5 Å². The summed E-state index contributed by atoms with van der Waals surface area (Å²) in [4.78, 5) is 14.0. The number of rotatable bonds is 3. The lowest BCUT2D eigenvalue weighted by molar-refractivity contribution is -0.0258. The van der Waals surface area contributed by atoms with Crippen molar-refractivity contribution in [2.75, 3.05) is 13.1 Å². The van der Waals surface area contributed by atoms with Crippen LogP contribution in [0.25, 0.3) is 10.8 Å². The molecule has 25 heavy (non-hydrogen) atoms. The molecule has 2 aromatic carbocycles. The third kappa shape index (κ3) is 4.95. The molecule has 0 aromatic heterocycles. The summed E-state index contributed by atoms with van der Waals surface area (Å²) < 4.78 is 11.5. The van der Waals surface area contributed by atoms with Crippen LogP contribution in [0, 0.1) is 0 Å². The number of nitrogens with zero attached hydrogens (tertiary/aromatic N) is 1. The molecule has 1 unspecified atom stereocenters. The maximum atomic E-state index is 12.2. The van der Waals surface area contributed by atoms with Crippen LogP contribution in [0.4, 0.5) is 4.79 Å². The molecular formula is C21H27NO3. The van der Waals surface area contributed by atoms with E-state index in [0.29, 0.717) is 13.2 Å². The molecule has 1 aliphatic rings. The van der Waals surface area contributed by atoms with Crippen LogP contribution in [0.1, 0.15) is 39.2 Å². The molecular weight excluding hydrogens is 314 g/mol. The van der Waals surface area contributed by atoms with Gasteiger partial charge in [0.05, 0.1) is 19.3 Å². The molecule has 3 rings (SSSR count). The van der Waals surface area contributed by atoms with E-state index in [2.05, 4.69) is 30.3 Å². The largest absolute Gasteiger partial charge is 0.444 e. The Morgan fingerprint density at radius 1 is 1.16 bits per heavy atom. The van der Waals surface area contributed by atoms with Crippen molar-refractivity contribution >= 4 is 16.9 Å². The molecule has 4 nitrogen and oxygen atoms in total. The number of hydrogen-bond donors (Lipinski definition) is 0. The lowest BCUT2D eigenvalue weighted by Gasteiger charge is -2.34. The minimum absolute atomic E-state index is 0.0627. The Balaban J connectivity index is 1.56. The maximum Gasteiger partial charge on any atom is 0.410 e. The van der Waals surface area contributed by atoms with Crippen LogP contribution in [-0.4, -0.2) is 35.8 Å². The summed E-state index contributed by atoms with van der Waals surface area (Å²) in [5.41, 5.74) is 0.698. The summed E-state index contributed by atoms with van der Waals surface area (Å²) in [5.74, 6) is 0. The normalized spacial score (nSPS) is 18.4. The third-order valence-corrected chi connectivity index (χ3v) is 4.33. The zero-order valence-electron chi connectivity index (χ0n) is 15.3. The van der Waals surface area contributed by atoms with Gasteiger partial charge < -0.3 is 14.4 Å². The monoisotopic (exact) mass is 341 g/mol. The summed E-state index contributed by atoms with van der Waals surface area (Å²) in [6.07, 6.45) is 1.74. The first kappa shape index (κ1) is 17.7. The lowest BCUT2D eigenvalue weighted by Crippen LogP contribution is -2.45. The fourth-order valence-electron chi connectivity index (χ4n) is 3.11. The van der Waals surface area contributed by atoms with E-state index in [1.165, 1.54) is 10.8 Å². The molecule has 1 amide bonds. The van der Waals surface area contributed by atoms with Crippen molar-refractivity contribution in [3.63, 3.8) is 0 Å². The predicted molar refractivity (Wildman–Crippen MR) is 99.6 cm³/mol. The van der Waals surface area contributed by atoms with E-state index in [9.17, 15) is 4.79 Å². The van der Waals surface area contributed by atoms with Gasteiger partial charge in [0.25, 0.3) is 0 Å². The second-order valence-corrected chi connectivity index (χ2v) is 7.68. The summed E-state index contributed by atoms with van der Waals surface area (Å²) in [6.45, 7) is 7.58. The van der Waals surface area contributed by atoms with Gasteiger partial charge in [-0.1, -0.05) is 36.4 Å². The van der Waals surface area contributed by atoms with Gasteiger partial charge in [-0.15, -0.1) is 0 Å². The highest BCUT2D eigenvalue weighted by atomic mass is 16.6. The first-order chi connectivity index (χ1) is 11.9. The highest BCUT2D eigenvalue weighted by molar-refractivity contribution is 5.82. The molecule has 1 saturated heterocycles. The van der Waals surface area contributed by atoms with Crippen LogP contribution in [0.2, 0.25) is 0 Å². The zero-order chi connectivity index (χ0) is 17.9. The summed E-state index contributed by atoms with van der Waals surface area (Å²) in [5, 5.41) is 2.46.